The topological polar surface area (TPSA) is 59.8 Å². The van der Waals surface area contributed by atoms with Crippen LogP contribution in [0.25, 0.3) is 5.69 Å². The Morgan fingerprint density at radius 3 is 2.17 bits per heavy atom. The molecule has 3 rings (SSSR count). The summed E-state index contributed by atoms with van der Waals surface area (Å²) in [6.07, 6.45) is -3.33. The van der Waals surface area contributed by atoms with E-state index in [1.54, 1.807) is 15.8 Å². The van der Waals surface area contributed by atoms with E-state index in [-0.39, 0.29) is 11.8 Å². The number of piperazine rings is 1. The summed E-state index contributed by atoms with van der Waals surface area (Å²) in [6.45, 7) is 9.71. The van der Waals surface area contributed by atoms with Gasteiger partial charge >= 0.3 is 12.5 Å². The van der Waals surface area contributed by atoms with Crippen molar-refractivity contribution in [2.75, 3.05) is 31.1 Å². The van der Waals surface area contributed by atoms with Crippen LogP contribution in [0.3, 0.4) is 0 Å². The van der Waals surface area contributed by atoms with Gasteiger partial charge in [-0.2, -0.15) is 5.10 Å². The normalized spacial score (nSPS) is 15.3. The van der Waals surface area contributed by atoms with E-state index in [4.69, 9.17) is 4.74 Å². The highest BCUT2D eigenvalue weighted by atomic mass is 19.4. The molecule has 7 nitrogen and oxygen atoms in total. The summed E-state index contributed by atoms with van der Waals surface area (Å²) < 4.78 is 47.9. The first-order valence-electron chi connectivity index (χ1n) is 9.57. The van der Waals surface area contributed by atoms with Gasteiger partial charge in [-0.25, -0.2) is 9.48 Å². The van der Waals surface area contributed by atoms with Crippen LogP contribution in [0.5, 0.6) is 5.75 Å². The Balaban J connectivity index is 1.66. The fourth-order valence-corrected chi connectivity index (χ4v) is 3.22. The number of benzene rings is 1. The summed E-state index contributed by atoms with van der Waals surface area (Å²) in [4.78, 5) is 16.0. The van der Waals surface area contributed by atoms with Crippen molar-refractivity contribution < 1.29 is 27.4 Å². The van der Waals surface area contributed by atoms with E-state index in [0.29, 0.717) is 31.9 Å². The molecule has 30 heavy (non-hydrogen) atoms. The van der Waals surface area contributed by atoms with E-state index < -0.39 is 12.0 Å². The number of hydrogen-bond donors (Lipinski definition) is 0. The molecule has 164 valence electrons. The van der Waals surface area contributed by atoms with E-state index in [1.807, 2.05) is 27.7 Å². The quantitative estimate of drug-likeness (QED) is 0.739. The Morgan fingerprint density at radius 2 is 1.63 bits per heavy atom. The molecule has 1 aromatic carbocycles. The number of carbonyl (C=O) groups is 1. The number of nitrogens with zero attached hydrogens (tertiary/aromatic N) is 4. The second-order valence-corrected chi connectivity index (χ2v) is 8.02. The number of hydrogen-bond acceptors (Lipinski definition) is 5. The SMILES string of the molecule is Cc1c(N2CCN(C(=O)OC(C)(C)C)CC2)cnn1-c1ccc(OC(F)(F)F)cc1. The van der Waals surface area contributed by atoms with Crippen molar-refractivity contribution in [1.82, 2.24) is 14.7 Å². The minimum atomic E-state index is -4.72. The van der Waals surface area contributed by atoms with Crippen LogP contribution in [0.4, 0.5) is 23.7 Å². The Kier molecular flexibility index (Phi) is 5.87. The van der Waals surface area contributed by atoms with Crippen LogP contribution in [-0.2, 0) is 4.74 Å². The third kappa shape index (κ3) is 5.37. The number of ether oxygens (including phenoxy) is 2. The second-order valence-electron chi connectivity index (χ2n) is 8.02. The highest BCUT2D eigenvalue weighted by Gasteiger charge is 2.31. The predicted molar refractivity (Wildman–Crippen MR) is 105 cm³/mol. The first kappa shape index (κ1) is 21.8. The molecule has 0 aliphatic carbocycles. The summed E-state index contributed by atoms with van der Waals surface area (Å²) in [5, 5.41) is 4.37. The van der Waals surface area contributed by atoms with E-state index in [1.165, 1.54) is 24.3 Å². The molecule has 1 aliphatic rings. The van der Waals surface area contributed by atoms with Crippen LogP contribution < -0.4 is 9.64 Å². The Labute approximate surface area is 173 Å². The van der Waals surface area contributed by atoms with Gasteiger partial charge in [0.25, 0.3) is 0 Å². The molecule has 2 heterocycles. The van der Waals surface area contributed by atoms with Crippen LogP contribution in [0, 0.1) is 6.92 Å². The van der Waals surface area contributed by atoms with Crippen LogP contribution in [0.2, 0.25) is 0 Å². The fraction of sp³-hybridized carbons (Fsp3) is 0.500. The Morgan fingerprint density at radius 1 is 1.03 bits per heavy atom. The minimum absolute atomic E-state index is 0.283. The summed E-state index contributed by atoms with van der Waals surface area (Å²) in [7, 11) is 0. The summed E-state index contributed by atoms with van der Waals surface area (Å²) in [5.41, 5.74) is 1.85. The molecule has 0 atom stereocenters. The van der Waals surface area contributed by atoms with Gasteiger partial charge in [-0.05, 0) is 52.0 Å². The zero-order valence-electron chi connectivity index (χ0n) is 17.4. The maximum absolute atomic E-state index is 12.3. The van der Waals surface area contributed by atoms with Crippen molar-refractivity contribution >= 4 is 11.8 Å². The number of carbonyl (C=O) groups excluding carboxylic acids is 1. The van der Waals surface area contributed by atoms with E-state index >= 15 is 0 Å². The number of aromatic nitrogens is 2. The van der Waals surface area contributed by atoms with Crippen molar-refractivity contribution in [3.05, 3.63) is 36.2 Å². The van der Waals surface area contributed by atoms with Gasteiger partial charge in [0, 0.05) is 26.2 Å². The van der Waals surface area contributed by atoms with Crippen molar-refractivity contribution in [3.63, 3.8) is 0 Å². The number of amides is 1. The molecule has 0 N–H and O–H groups in total. The smallest absolute Gasteiger partial charge is 0.444 e. The van der Waals surface area contributed by atoms with Crippen molar-refractivity contribution in [1.29, 1.82) is 0 Å². The molecule has 0 saturated carbocycles. The van der Waals surface area contributed by atoms with Crippen LogP contribution in [0.1, 0.15) is 26.5 Å². The molecule has 2 aromatic rings. The lowest BCUT2D eigenvalue weighted by Crippen LogP contribution is -2.50. The lowest BCUT2D eigenvalue weighted by atomic mass is 10.2. The van der Waals surface area contributed by atoms with Gasteiger partial charge in [0.1, 0.15) is 11.4 Å². The molecule has 0 bridgehead atoms. The first-order valence-corrected chi connectivity index (χ1v) is 9.57. The summed E-state index contributed by atoms with van der Waals surface area (Å²) in [5.74, 6) is -0.283. The van der Waals surface area contributed by atoms with Crippen molar-refractivity contribution in [3.8, 4) is 11.4 Å². The van der Waals surface area contributed by atoms with E-state index in [9.17, 15) is 18.0 Å². The monoisotopic (exact) mass is 426 g/mol. The Hall–Kier alpha value is -2.91. The summed E-state index contributed by atoms with van der Waals surface area (Å²) in [6, 6.07) is 5.54. The fourth-order valence-electron chi connectivity index (χ4n) is 3.22. The molecule has 10 heteroatoms. The van der Waals surface area contributed by atoms with Gasteiger partial charge in [0.15, 0.2) is 0 Å². The van der Waals surface area contributed by atoms with Crippen molar-refractivity contribution in [2.45, 2.75) is 39.7 Å². The number of halogens is 3. The average Bonchev–Trinajstić information content (AvgIpc) is 3.01. The molecule has 1 saturated heterocycles. The van der Waals surface area contributed by atoms with Gasteiger partial charge in [-0.3, -0.25) is 0 Å². The van der Waals surface area contributed by atoms with E-state index in [2.05, 4.69) is 14.7 Å². The molecule has 0 spiro atoms. The predicted octanol–water partition coefficient (Wildman–Crippen LogP) is 4.14. The van der Waals surface area contributed by atoms with Crippen LogP contribution in [0.15, 0.2) is 30.5 Å². The van der Waals surface area contributed by atoms with Gasteiger partial charge in [-0.1, -0.05) is 0 Å². The molecule has 1 fully saturated rings. The van der Waals surface area contributed by atoms with Crippen LogP contribution in [-0.4, -0.2) is 58.9 Å². The Bertz CT molecular complexity index is 880. The minimum Gasteiger partial charge on any atom is -0.444 e. The van der Waals surface area contributed by atoms with Gasteiger partial charge in [0.2, 0.25) is 0 Å². The standard InChI is InChI=1S/C20H25F3N4O3/c1-14-17(25-9-11-26(12-10-25)18(28)30-19(2,3)4)13-24-27(14)15-5-7-16(8-6-15)29-20(21,22)23/h5-8,13H,9-12H2,1-4H3. The molecule has 1 amide bonds. The average molecular weight is 426 g/mol. The lowest BCUT2D eigenvalue weighted by Gasteiger charge is -2.36. The second kappa shape index (κ2) is 8.08. The highest BCUT2D eigenvalue weighted by Crippen LogP contribution is 2.27. The molecule has 1 aliphatic heterocycles. The maximum Gasteiger partial charge on any atom is 0.573 e. The molecular formula is C20H25F3N4O3. The zero-order valence-corrected chi connectivity index (χ0v) is 17.4. The first-order chi connectivity index (χ1) is 13.9. The number of alkyl halides is 3. The maximum atomic E-state index is 12.3. The lowest BCUT2D eigenvalue weighted by molar-refractivity contribution is -0.274. The highest BCUT2D eigenvalue weighted by molar-refractivity contribution is 5.68. The van der Waals surface area contributed by atoms with E-state index in [0.717, 1.165) is 11.4 Å². The van der Waals surface area contributed by atoms with Gasteiger partial charge in [0.05, 0.1) is 23.3 Å². The van der Waals surface area contributed by atoms with Crippen LogP contribution >= 0.6 is 0 Å². The molecule has 0 unspecified atom stereocenters. The molecule has 1 aromatic heterocycles. The largest absolute Gasteiger partial charge is 0.573 e. The van der Waals surface area contributed by atoms with Gasteiger partial charge in [-0.15, -0.1) is 13.2 Å². The zero-order chi connectivity index (χ0) is 22.1. The third-order valence-electron chi connectivity index (χ3n) is 4.57. The number of rotatable bonds is 3. The molecular weight excluding hydrogens is 401 g/mol. The van der Waals surface area contributed by atoms with Crippen molar-refractivity contribution in [2.24, 2.45) is 0 Å². The van der Waals surface area contributed by atoms with Gasteiger partial charge < -0.3 is 19.3 Å². The number of anilines is 1. The third-order valence-corrected chi connectivity index (χ3v) is 4.57. The molecule has 0 radical (unpaired) electrons. The summed E-state index contributed by atoms with van der Waals surface area (Å²) >= 11 is 0.